The Hall–Kier alpha value is -0.130. The van der Waals surface area contributed by atoms with Gasteiger partial charge in [-0.05, 0) is 45.1 Å². The Morgan fingerprint density at radius 2 is 2.07 bits per heavy atom. The van der Waals surface area contributed by atoms with Crippen LogP contribution in [0.15, 0.2) is 0 Å². The van der Waals surface area contributed by atoms with Gasteiger partial charge in [0.05, 0.1) is 5.75 Å². The fourth-order valence-electron chi connectivity index (χ4n) is 1.47. The Kier molecular flexibility index (Phi) is 4.34. The van der Waals surface area contributed by atoms with E-state index < -0.39 is 10.0 Å². The summed E-state index contributed by atoms with van der Waals surface area (Å²) in [5.41, 5.74) is 5.30. The molecule has 0 heterocycles. The van der Waals surface area contributed by atoms with Gasteiger partial charge in [0.15, 0.2) is 0 Å². The fourth-order valence-corrected chi connectivity index (χ4v) is 2.93. The summed E-state index contributed by atoms with van der Waals surface area (Å²) in [5.74, 6) is 0.778. The first-order valence-electron chi connectivity index (χ1n) is 5.25. The van der Waals surface area contributed by atoms with Gasteiger partial charge >= 0.3 is 0 Å². The standard InChI is InChI=1S/C9H20N2O2S/c1-8(9-4-5-9)11-14(12,13)7-3-2-6-10/h8-9,11H,2-7,10H2,1H3. The lowest BCUT2D eigenvalue weighted by Gasteiger charge is -2.12. The molecule has 0 bridgehead atoms. The zero-order chi connectivity index (χ0) is 10.6. The van der Waals surface area contributed by atoms with E-state index in [1.807, 2.05) is 6.92 Å². The van der Waals surface area contributed by atoms with Crippen LogP contribution in [0.5, 0.6) is 0 Å². The maximum absolute atomic E-state index is 11.5. The van der Waals surface area contributed by atoms with E-state index in [1.54, 1.807) is 0 Å². The molecule has 1 aliphatic carbocycles. The van der Waals surface area contributed by atoms with Crippen molar-refractivity contribution in [3.8, 4) is 0 Å². The lowest BCUT2D eigenvalue weighted by atomic mass is 10.2. The minimum Gasteiger partial charge on any atom is -0.330 e. The van der Waals surface area contributed by atoms with Gasteiger partial charge in [0.25, 0.3) is 0 Å². The number of nitrogens with two attached hydrogens (primary N) is 1. The average molecular weight is 220 g/mol. The smallest absolute Gasteiger partial charge is 0.211 e. The Morgan fingerprint density at radius 3 is 2.57 bits per heavy atom. The Labute approximate surface area is 86.3 Å². The summed E-state index contributed by atoms with van der Waals surface area (Å²) in [7, 11) is -3.06. The van der Waals surface area contributed by atoms with Crippen LogP contribution in [-0.2, 0) is 10.0 Å². The highest BCUT2D eigenvalue weighted by Gasteiger charge is 2.30. The maximum Gasteiger partial charge on any atom is 0.211 e. The molecule has 0 aromatic heterocycles. The van der Waals surface area contributed by atoms with Crippen molar-refractivity contribution in [1.29, 1.82) is 0 Å². The monoisotopic (exact) mass is 220 g/mol. The van der Waals surface area contributed by atoms with E-state index in [0.29, 0.717) is 18.9 Å². The molecule has 1 saturated carbocycles. The van der Waals surface area contributed by atoms with E-state index in [4.69, 9.17) is 5.73 Å². The number of nitrogens with one attached hydrogen (secondary N) is 1. The zero-order valence-corrected chi connectivity index (χ0v) is 9.52. The van der Waals surface area contributed by atoms with Gasteiger partial charge in [0.1, 0.15) is 0 Å². The lowest BCUT2D eigenvalue weighted by molar-refractivity contribution is 0.535. The maximum atomic E-state index is 11.5. The minimum absolute atomic E-state index is 0.109. The molecule has 1 aliphatic rings. The molecule has 0 aromatic carbocycles. The van der Waals surface area contributed by atoms with Crippen LogP contribution >= 0.6 is 0 Å². The van der Waals surface area contributed by atoms with Crippen LogP contribution in [0.3, 0.4) is 0 Å². The minimum atomic E-state index is -3.06. The molecule has 14 heavy (non-hydrogen) atoms. The Morgan fingerprint density at radius 1 is 1.43 bits per heavy atom. The number of unbranched alkanes of at least 4 members (excludes halogenated alkanes) is 1. The van der Waals surface area contributed by atoms with Gasteiger partial charge in [0, 0.05) is 6.04 Å². The summed E-state index contributed by atoms with van der Waals surface area (Å²) in [4.78, 5) is 0. The normalized spacial score (nSPS) is 19.6. The van der Waals surface area contributed by atoms with Gasteiger partial charge in [-0.15, -0.1) is 0 Å². The van der Waals surface area contributed by atoms with E-state index in [9.17, 15) is 8.42 Å². The molecular weight excluding hydrogens is 200 g/mol. The van der Waals surface area contributed by atoms with Gasteiger partial charge in [-0.1, -0.05) is 0 Å². The van der Waals surface area contributed by atoms with Crippen LogP contribution < -0.4 is 10.5 Å². The Bertz CT molecular complexity index is 260. The van der Waals surface area contributed by atoms with E-state index in [1.165, 1.54) is 0 Å². The van der Waals surface area contributed by atoms with Crippen molar-refractivity contribution in [2.45, 2.75) is 38.6 Å². The molecule has 1 unspecified atom stereocenters. The van der Waals surface area contributed by atoms with Crippen molar-refractivity contribution in [3.63, 3.8) is 0 Å². The number of sulfonamides is 1. The predicted molar refractivity (Wildman–Crippen MR) is 57.4 cm³/mol. The second-order valence-corrected chi connectivity index (χ2v) is 5.93. The summed E-state index contributed by atoms with van der Waals surface area (Å²) < 4.78 is 25.7. The summed E-state index contributed by atoms with van der Waals surface area (Å²) in [6.45, 7) is 2.51. The van der Waals surface area contributed by atoms with E-state index in [0.717, 1.165) is 19.3 Å². The molecule has 0 aliphatic heterocycles. The second kappa shape index (κ2) is 5.09. The van der Waals surface area contributed by atoms with E-state index >= 15 is 0 Å². The molecule has 1 atom stereocenters. The molecule has 0 radical (unpaired) electrons. The number of rotatable bonds is 7. The molecule has 0 spiro atoms. The Balaban J connectivity index is 2.25. The van der Waals surface area contributed by atoms with Gasteiger partial charge in [-0.3, -0.25) is 0 Å². The SMILES string of the molecule is CC(NS(=O)(=O)CCCCN)C1CC1. The van der Waals surface area contributed by atoms with Crippen LogP contribution in [0.25, 0.3) is 0 Å². The largest absolute Gasteiger partial charge is 0.330 e. The first-order valence-corrected chi connectivity index (χ1v) is 6.90. The number of hydrogen-bond donors (Lipinski definition) is 2. The van der Waals surface area contributed by atoms with Crippen LogP contribution in [0.2, 0.25) is 0 Å². The second-order valence-electron chi connectivity index (χ2n) is 4.06. The zero-order valence-electron chi connectivity index (χ0n) is 8.70. The van der Waals surface area contributed by atoms with Crippen molar-refractivity contribution in [2.75, 3.05) is 12.3 Å². The third kappa shape index (κ3) is 4.39. The van der Waals surface area contributed by atoms with Crippen LogP contribution in [-0.4, -0.2) is 26.8 Å². The molecular formula is C9H20N2O2S. The predicted octanol–water partition coefficient (Wildman–Crippen LogP) is 0.443. The molecule has 5 heteroatoms. The van der Waals surface area contributed by atoms with Crippen molar-refractivity contribution in [1.82, 2.24) is 4.72 Å². The quantitative estimate of drug-likeness (QED) is 0.612. The summed E-state index contributed by atoms with van der Waals surface area (Å²) in [6, 6.07) is 0.109. The molecule has 0 saturated heterocycles. The van der Waals surface area contributed by atoms with Gasteiger partial charge in [-0.2, -0.15) is 0 Å². The molecule has 1 fully saturated rings. The molecule has 84 valence electrons. The van der Waals surface area contributed by atoms with Crippen molar-refractivity contribution in [2.24, 2.45) is 11.7 Å². The molecule has 0 amide bonds. The topological polar surface area (TPSA) is 72.2 Å². The van der Waals surface area contributed by atoms with Gasteiger partial charge in [-0.25, -0.2) is 13.1 Å². The van der Waals surface area contributed by atoms with Crippen molar-refractivity contribution in [3.05, 3.63) is 0 Å². The van der Waals surface area contributed by atoms with Crippen LogP contribution in [0, 0.1) is 5.92 Å². The average Bonchev–Trinajstić information content (AvgIpc) is 2.85. The first-order chi connectivity index (χ1) is 6.55. The third-order valence-electron chi connectivity index (χ3n) is 2.56. The number of hydrogen-bond acceptors (Lipinski definition) is 3. The molecule has 0 aromatic rings. The molecule has 4 nitrogen and oxygen atoms in total. The fraction of sp³-hybridized carbons (Fsp3) is 1.00. The summed E-state index contributed by atoms with van der Waals surface area (Å²) in [5, 5.41) is 0. The van der Waals surface area contributed by atoms with Crippen LogP contribution in [0.1, 0.15) is 32.6 Å². The molecule has 1 rings (SSSR count). The lowest BCUT2D eigenvalue weighted by Crippen LogP contribution is -2.35. The van der Waals surface area contributed by atoms with Crippen molar-refractivity contribution < 1.29 is 8.42 Å². The first kappa shape index (κ1) is 11.9. The highest BCUT2D eigenvalue weighted by Crippen LogP contribution is 2.32. The summed E-state index contributed by atoms with van der Waals surface area (Å²) >= 11 is 0. The van der Waals surface area contributed by atoms with E-state index in [-0.39, 0.29) is 11.8 Å². The molecule has 3 N–H and O–H groups in total. The van der Waals surface area contributed by atoms with Crippen molar-refractivity contribution >= 4 is 10.0 Å². The van der Waals surface area contributed by atoms with Gasteiger partial charge < -0.3 is 5.73 Å². The highest BCUT2D eigenvalue weighted by atomic mass is 32.2. The third-order valence-corrected chi connectivity index (χ3v) is 4.12. The summed E-state index contributed by atoms with van der Waals surface area (Å²) in [6.07, 6.45) is 3.75. The van der Waals surface area contributed by atoms with Gasteiger partial charge in [0.2, 0.25) is 10.0 Å². The van der Waals surface area contributed by atoms with E-state index in [2.05, 4.69) is 4.72 Å². The highest BCUT2D eigenvalue weighted by molar-refractivity contribution is 7.89. The van der Waals surface area contributed by atoms with Crippen LogP contribution in [0.4, 0.5) is 0 Å².